The Labute approximate surface area is 120 Å². The van der Waals surface area contributed by atoms with Gasteiger partial charge in [0.2, 0.25) is 15.9 Å². The van der Waals surface area contributed by atoms with E-state index in [9.17, 15) is 13.2 Å². The lowest BCUT2D eigenvalue weighted by atomic mass is 9.49. The number of rotatable bonds is 5. The van der Waals surface area contributed by atoms with E-state index in [-0.39, 0.29) is 17.1 Å². The fraction of sp³-hybridized carbons (Fsp3) is 0.929. The maximum absolute atomic E-state index is 12.5. The molecule has 3 N–H and O–H groups in total. The molecule has 4 rings (SSSR count). The zero-order chi connectivity index (χ0) is 14.4. The van der Waals surface area contributed by atoms with E-state index in [4.69, 9.17) is 5.14 Å². The first-order valence-corrected chi connectivity index (χ1v) is 9.37. The molecule has 6 heteroatoms. The third-order valence-electron chi connectivity index (χ3n) is 5.41. The molecule has 0 radical (unpaired) electrons. The van der Waals surface area contributed by atoms with Crippen molar-refractivity contribution in [1.82, 2.24) is 5.32 Å². The van der Waals surface area contributed by atoms with Gasteiger partial charge in [-0.15, -0.1) is 0 Å². The van der Waals surface area contributed by atoms with Gasteiger partial charge in [0.1, 0.15) is 0 Å². The van der Waals surface area contributed by atoms with Crippen molar-refractivity contribution in [1.29, 1.82) is 0 Å². The highest BCUT2D eigenvalue weighted by molar-refractivity contribution is 7.89. The van der Waals surface area contributed by atoms with E-state index in [1.807, 2.05) is 0 Å². The number of carbonyl (C=O) groups excluding carboxylic acids is 1. The molecule has 114 valence electrons. The van der Waals surface area contributed by atoms with Crippen LogP contribution in [0.5, 0.6) is 0 Å². The zero-order valence-electron chi connectivity index (χ0n) is 11.8. The molecule has 4 bridgehead atoms. The molecule has 0 unspecified atom stereocenters. The van der Waals surface area contributed by atoms with Crippen LogP contribution in [0, 0.1) is 23.2 Å². The second-order valence-electron chi connectivity index (χ2n) is 7.17. The standard InChI is InChI=1S/C14H24N2O3S/c15-20(18,19)3-1-2-16-13(17)14-7-10-4-11(8-14)6-12(5-10)9-14/h10-12H,1-9H2,(H,16,17)(H2,15,18,19). The van der Waals surface area contributed by atoms with Gasteiger partial charge in [0, 0.05) is 12.0 Å². The number of nitrogens with two attached hydrogens (primary N) is 1. The minimum Gasteiger partial charge on any atom is -0.356 e. The Hall–Kier alpha value is -0.620. The molecule has 0 saturated heterocycles. The summed E-state index contributed by atoms with van der Waals surface area (Å²) in [6, 6.07) is 0. The minimum absolute atomic E-state index is 0.0614. The molecule has 0 spiro atoms. The number of sulfonamides is 1. The first kappa shape index (κ1) is 14.3. The largest absolute Gasteiger partial charge is 0.356 e. The maximum Gasteiger partial charge on any atom is 0.226 e. The van der Waals surface area contributed by atoms with Gasteiger partial charge in [0.15, 0.2) is 0 Å². The van der Waals surface area contributed by atoms with Crippen LogP contribution in [-0.2, 0) is 14.8 Å². The highest BCUT2D eigenvalue weighted by Gasteiger charge is 2.54. The number of nitrogens with one attached hydrogen (secondary N) is 1. The monoisotopic (exact) mass is 300 g/mol. The third kappa shape index (κ3) is 2.86. The van der Waals surface area contributed by atoms with Crippen LogP contribution in [0.15, 0.2) is 0 Å². The molecule has 4 saturated carbocycles. The van der Waals surface area contributed by atoms with Gasteiger partial charge < -0.3 is 5.32 Å². The highest BCUT2D eigenvalue weighted by atomic mass is 32.2. The summed E-state index contributed by atoms with van der Waals surface area (Å²) in [6.07, 6.45) is 7.48. The van der Waals surface area contributed by atoms with Crippen molar-refractivity contribution in [3.05, 3.63) is 0 Å². The highest BCUT2D eigenvalue weighted by Crippen LogP contribution is 2.60. The first-order chi connectivity index (χ1) is 9.36. The molecule has 1 amide bonds. The predicted octanol–water partition coefficient (Wildman–Crippen LogP) is 0.998. The van der Waals surface area contributed by atoms with E-state index in [2.05, 4.69) is 5.32 Å². The molecular formula is C14H24N2O3S. The van der Waals surface area contributed by atoms with Crippen molar-refractivity contribution in [2.75, 3.05) is 12.3 Å². The van der Waals surface area contributed by atoms with Crippen LogP contribution in [0.4, 0.5) is 0 Å². The van der Waals surface area contributed by atoms with Crippen LogP contribution in [0.1, 0.15) is 44.9 Å². The number of amides is 1. The lowest BCUT2D eigenvalue weighted by molar-refractivity contribution is -0.146. The Morgan fingerprint density at radius 3 is 2.05 bits per heavy atom. The van der Waals surface area contributed by atoms with E-state index in [1.165, 1.54) is 19.3 Å². The quantitative estimate of drug-likeness (QED) is 0.742. The maximum atomic E-state index is 12.5. The normalized spacial score (nSPS) is 39.0. The first-order valence-electron chi connectivity index (χ1n) is 7.65. The second kappa shape index (κ2) is 4.98. The van der Waals surface area contributed by atoms with Gasteiger partial charge in [0.25, 0.3) is 0 Å². The smallest absolute Gasteiger partial charge is 0.226 e. The number of carbonyl (C=O) groups is 1. The van der Waals surface area contributed by atoms with Gasteiger partial charge in [-0.05, 0) is 62.7 Å². The van der Waals surface area contributed by atoms with Crippen LogP contribution in [0.25, 0.3) is 0 Å². The van der Waals surface area contributed by atoms with E-state index in [0.29, 0.717) is 13.0 Å². The summed E-state index contributed by atoms with van der Waals surface area (Å²) in [5, 5.41) is 7.91. The molecule has 4 aliphatic rings. The van der Waals surface area contributed by atoms with Gasteiger partial charge in [-0.25, -0.2) is 13.6 Å². The van der Waals surface area contributed by atoms with Crippen molar-refractivity contribution < 1.29 is 13.2 Å². The SMILES string of the molecule is NS(=O)(=O)CCCNC(=O)C12CC3CC(CC(C3)C1)C2. The van der Waals surface area contributed by atoms with Crippen molar-refractivity contribution >= 4 is 15.9 Å². The fourth-order valence-electron chi connectivity index (χ4n) is 5.05. The summed E-state index contributed by atoms with van der Waals surface area (Å²) in [5.41, 5.74) is -0.143. The van der Waals surface area contributed by atoms with Gasteiger partial charge in [-0.2, -0.15) is 0 Å². The molecule has 20 heavy (non-hydrogen) atoms. The summed E-state index contributed by atoms with van der Waals surface area (Å²) in [6.45, 7) is 0.414. The molecule has 0 atom stereocenters. The summed E-state index contributed by atoms with van der Waals surface area (Å²) in [4.78, 5) is 12.5. The van der Waals surface area contributed by atoms with Gasteiger partial charge in [0.05, 0.1) is 5.75 Å². The molecule has 0 aromatic heterocycles. The fourth-order valence-corrected chi connectivity index (χ4v) is 5.60. The van der Waals surface area contributed by atoms with Gasteiger partial charge in [-0.1, -0.05) is 0 Å². The molecule has 0 heterocycles. The molecule has 4 aliphatic carbocycles. The van der Waals surface area contributed by atoms with Crippen molar-refractivity contribution in [2.45, 2.75) is 44.9 Å². The summed E-state index contributed by atoms with van der Waals surface area (Å²) in [5.74, 6) is 2.34. The second-order valence-corrected chi connectivity index (χ2v) is 8.91. The molecule has 5 nitrogen and oxygen atoms in total. The van der Waals surface area contributed by atoms with Crippen LogP contribution in [0.3, 0.4) is 0 Å². The Kier molecular flexibility index (Phi) is 3.57. The average molecular weight is 300 g/mol. The topological polar surface area (TPSA) is 89.3 Å². The Bertz CT molecular complexity index is 465. The van der Waals surface area contributed by atoms with E-state index in [1.54, 1.807) is 0 Å². The summed E-state index contributed by atoms with van der Waals surface area (Å²) < 4.78 is 21.7. The Morgan fingerprint density at radius 2 is 1.60 bits per heavy atom. The number of hydrogen-bond donors (Lipinski definition) is 2. The third-order valence-corrected chi connectivity index (χ3v) is 6.27. The molecule has 0 aliphatic heterocycles. The van der Waals surface area contributed by atoms with E-state index in [0.717, 1.165) is 37.0 Å². The van der Waals surface area contributed by atoms with Crippen molar-refractivity contribution in [2.24, 2.45) is 28.3 Å². The number of primary sulfonamides is 1. The van der Waals surface area contributed by atoms with E-state index < -0.39 is 10.0 Å². The van der Waals surface area contributed by atoms with Crippen LogP contribution < -0.4 is 10.5 Å². The molecule has 4 fully saturated rings. The summed E-state index contributed by atoms with van der Waals surface area (Å²) >= 11 is 0. The average Bonchev–Trinajstić information content (AvgIpc) is 2.31. The molecule has 0 aromatic carbocycles. The summed E-state index contributed by atoms with van der Waals surface area (Å²) in [7, 11) is -3.42. The van der Waals surface area contributed by atoms with Crippen molar-refractivity contribution in [3.8, 4) is 0 Å². The Balaban J connectivity index is 1.55. The Morgan fingerprint density at radius 1 is 1.10 bits per heavy atom. The van der Waals surface area contributed by atoms with Gasteiger partial charge >= 0.3 is 0 Å². The van der Waals surface area contributed by atoms with E-state index >= 15 is 0 Å². The number of hydrogen-bond acceptors (Lipinski definition) is 3. The van der Waals surface area contributed by atoms with Gasteiger partial charge in [-0.3, -0.25) is 4.79 Å². The van der Waals surface area contributed by atoms with Crippen LogP contribution in [-0.4, -0.2) is 26.6 Å². The lowest BCUT2D eigenvalue weighted by Crippen LogP contribution is -2.53. The van der Waals surface area contributed by atoms with Crippen LogP contribution >= 0.6 is 0 Å². The van der Waals surface area contributed by atoms with Crippen LogP contribution in [0.2, 0.25) is 0 Å². The molecular weight excluding hydrogens is 276 g/mol. The zero-order valence-corrected chi connectivity index (χ0v) is 12.6. The lowest BCUT2D eigenvalue weighted by Gasteiger charge is -2.55. The minimum atomic E-state index is -3.42. The predicted molar refractivity (Wildman–Crippen MR) is 76.2 cm³/mol. The van der Waals surface area contributed by atoms with Crippen molar-refractivity contribution in [3.63, 3.8) is 0 Å². The molecule has 0 aromatic rings.